The summed E-state index contributed by atoms with van der Waals surface area (Å²) in [5.74, 6) is 0. The average Bonchev–Trinajstić information content (AvgIpc) is 2.01. The molecular formula is C7H7ClN2O2S. The molecule has 0 heterocycles. The van der Waals surface area contributed by atoms with Gasteiger partial charge in [0.05, 0.1) is 6.07 Å². The van der Waals surface area contributed by atoms with Gasteiger partial charge in [0.1, 0.15) is 4.91 Å². The van der Waals surface area contributed by atoms with Crippen molar-refractivity contribution in [1.29, 1.82) is 5.26 Å². The summed E-state index contributed by atoms with van der Waals surface area (Å²) in [5, 5.41) is 8.39. The standard InChI is InChI=1S/C7H7ClN2O2S/c1-6(4-9)3-7(5-10-2)13(8,11)12/h3,5H,2H2,1H3/b6-3+,7-5+. The summed E-state index contributed by atoms with van der Waals surface area (Å²) in [6.45, 7) is 4.54. The largest absolute Gasteiger partial charge is 0.271 e. The van der Waals surface area contributed by atoms with Crippen LogP contribution < -0.4 is 0 Å². The van der Waals surface area contributed by atoms with Gasteiger partial charge < -0.3 is 0 Å². The number of nitriles is 1. The summed E-state index contributed by atoms with van der Waals surface area (Å²) in [5.41, 5.74) is 0.221. The molecule has 0 spiro atoms. The highest BCUT2D eigenvalue weighted by atomic mass is 35.7. The van der Waals surface area contributed by atoms with E-state index < -0.39 is 9.05 Å². The number of rotatable bonds is 3. The molecule has 4 nitrogen and oxygen atoms in total. The topological polar surface area (TPSA) is 70.3 Å². The maximum atomic E-state index is 10.8. The van der Waals surface area contributed by atoms with E-state index in [1.807, 2.05) is 0 Å². The zero-order chi connectivity index (χ0) is 10.5. The van der Waals surface area contributed by atoms with Gasteiger partial charge >= 0.3 is 0 Å². The van der Waals surface area contributed by atoms with Gasteiger partial charge in [0.25, 0.3) is 9.05 Å². The normalized spacial score (nSPS) is 13.6. The fraction of sp³-hybridized carbons (Fsp3) is 0.143. The van der Waals surface area contributed by atoms with Gasteiger partial charge in [0.2, 0.25) is 0 Å². The van der Waals surface area contributed by atoms with Crippen LogP contribution >= 0.6 is 10.7 Å². The van der Waals surface area contributed by atoms with Crippen molar-refractivity contribution >= 4 is 26.5 Å². The first-order chi connectivity index (χ1) is 5.91. The average molecular weight is 219 g/mol. The van der Waals surface area contributed by atoms with Crippen molar-refractivity contribution in [1.82, 2.24) is 0 Å². The molecule has 0 atom stereocenters. The van der Waals surface area contributed by atoms with Crippen molar-refractivity contribution in [2.75, 3.05) is 0 Å². The lowest BCUT2D eigenvalue weighted by atomic mass is 10.3. The number of allylic oxidation sites excluding steroid dienone is 2. The molecule has 0 aliphatic heterocycles. The van der Waals surface area contributed by atoms with Crippen LogP contribution in [-0.4, -0.2) is 15.1 Å². The molecule has 0 bridgehead atoms. The van der Waals surface area contributed by atoms with E-state index in [9.17, 15) is 8.42 Å². The maximum absolute atomic E-state index is 10.8. The van der Waals surface area contributed by atoms with E-state index >= 15 is 0 Å². The van der Waals surface area contributed by atoms with Gasteiger partial charge in [0, 0.05) is 22.5 Å². The third-order valence-electron chi connectivity index (χ3n) is 1.04. The fourth-order valence-corrected chi connectivity index (χ4v) is 1.28. The summed E-state index contributed by atoms with van der Waals surface area (Å²) in [4.78, 5) is 3.01. The first kappa shape index (κ1) is 11.9. The maximum Gasteiger partial charge on any atom is 0.262 e. The second-order valence-electron chi connectivity index (χ2n) is 2.09. The molecule has 13 heavy (non-hydrogen) atoms. The van der Waals surface area contributed by atoms with Crippen molar-refractivity contribution in [3.8, 4) is 6.07 Å². The van der Waals surface area contributed by atoms with Crippen LogP contribution in [0.25, 0.3) is 0 Å². The number of hydrogen-bond donors (Lipinski definition) is 0. The Kier molecular flexibility index (Phi) is 4.38. The van der Waals surface area contributed by atoms with Gasteiger partial charge in [0.15, 0.2) is 0 Å². The van der Waals surface area contributed by atoms with Crippen molar-refractivity contribution in [2.24, 2.45) is 4.99 Å². The Labute approximate surface area is 81.3 Å². The lowest BCUT2D eigenvalue weighted by Gasteiger charge is -1.93. The third kappa shape index (κ3) is 4.45. The number of nitrogens with zero attached hydrogens (tertiary/aromatic N) is 2. The van der Waals surface area contributed by atoms with Crippen LogP contribution in [-0.2, 0) is 9.05 Å². The highest BCUT2D eigenvalue weighted by Gasteiger charge is 2.11. The molecule has 0 fully saturated rings. The Morgan fingerprint density at radius 3 is 2.54 bits per heavy atom. The van der Waals surface area contributed by atoms with Crippen LogP contribution in [0.1, 0.15) is 6.92 Å². The van der Waals surface area contributed by atoms with Crippen molar-refractivity contribution in [3.05, 3.63) is 22.8 Å². The SMILES string of the molecule is C=N/C=C(\C=C(/C)C#N)S(=O)(=O)Cl. The van der Waals surface area contributed by atoms with Gasteiger partial charge in [-0.15, -0.1) is 0 Å². The number of aliphatic imine (C=N–C) groups is 1. The number of halogens is 1. The van der Waals surface area contributed by atoms with E-state index in [0.29, 0.717) is 0 Å². The Bertz CT molecular complexity index is 401. The molecule has 0 aromatic carbocycles. The van der Waals surface area contributed by atoms with E-state index in [4.69, 9.17) is 15.9 Å². The minimum atomic E-state index is -3.86. The van der Waals surface area contributed by atoms with Crippen LogP contribution in [0, 0.1) is 11.3 Å². The quantitative estimate of drug-likeness (QED) is 0.312. The Morgan fingerprint density at radius 1 is 1.69 bits per heavy atom. The van der Waals surface area contributed by atoms with E-state index in [2.05, 4.69) is 11.7 Å². The van der Waals surface area contributed by atoms with E-state index in [1.165, 1.54) is 6.92 Å². The van der Waals surface area contributed by atoms with E-state index in [0.717, 1.165) is 12.3 Å². The minimum absolute atomic E-state index is 0.221. The molecule has 70 valence electrons. The monoisotopic (exact) mass is 218 g/mol. The lowest BCUT2D eigenvalue weighted by Crippen LogP contribution is -1.92. The predicted molar refractivity (Wildman–Crippen MR) is 51.8 cm³/mol. The third-order valence-corrected chi connectivity index (χ3v) is 2.36. The smallest absolute Gasteiger partial charge is 0.262 e. The van der Waals surface area contributed by atoms with Gasteiger partial charge in [-0.25, -0.2) is 8.42 Å². The van der Waals surface area contributed by atoms with Crippen molar-refractivity contribution in [2.45, 2.75) is 6.92 Å². The molecule has 0 rings (SSSR count). The molecule has 0 aromatic rings. The van der Waals surface area contributed by atoms with Crippen LogP contribution in [0.2, 0.25) is 0 Å². The first-order valence-corrected chi connectivity index (χ1v) is 5.42. The first-order valence-electron chi connectivity index (χ1n) is 3.11. The van der Waals surface area contributed by atoms with Gasteiger partial charge in [-0.2, -0.15) is 5.26 Å². The second kappa shape index (κ2) is 4.80. The zero-order valence-electron chi connectivity index (χ0n) is 6.86. The summed E-state index contributed by atoms with van der Waals surface area (Å²) >= 11 is 0. The number of hydrogen-bond acceptors (Lipinski definition) is 4. The molecule has 0 radical (unpaired) electrons. The van der Waals surface area contributed by atoms with Crippen LogP contribution in [0.15, 0.2) is 27.7 Å². The lowest BCUT2D eigenvalue weighted by molar-refractivity contribution is 0.615. The van der Waals surface area contributed by atoms with Crippen LogP contribution in [0.5, 0.6) is 0 Å². The minimum Gasteiger partial charge on any atom is -0.271 e. The molecule has 0 N–H and O–H groups in total. The van der Waals surface area contributed by atoms with Gasteiger partial charge in [-0.1, -0.05) is 0 Å². The molecule has 0 aliphatic carbocycles. The van der Waals surface area contributed by atoms with E-state index in [1.54, 1.807) is 6.07 Å². The summed E-state index contributed by atoms with van der Waals surface area (Å²) in [6.07, 6.45) is 2.10. The van der Waals surface area contributed by atoms with Crippen LogP contribution in [0.3, 0.4) is 0 Å². The predicted octanol–water partition coefficient (Wildman–Crippen LogP) is 1.57. The Hall–Kier alpha value is -1.12. The molecule has 0 unspecified atom stereocenters. The Balaban J connectivity index is 5.25. The van der Waals surface area contributed by atoms with E-state index in [-0.39, 0.29) is 10.5 Å². The molecule has 0 amide bonds. The van der Waals surface area contributed by atoms with Crippen molar-refractivity contribution in [3.63, 3.8) is 0 Å². The second-order valence-corrected chi connectivity index (χ2v) is 4.66. The summed E-state index contributed by atoms with van der Waals surface area (Å²) < 4.78 is 21.7. The van der Waals surface area contributed by atoms with Gasteiger partial charge in [-0.05, 0) is 19.7 Å². The molecular weight excluding hydrogens is 212 g/mol. The summed E-state index contributed by atoms with van der Waals surface area (Å²) in [7, 11) is 1.18. The van der Waals surface area contributed by atoms with Crippen molar-refractivity contribution < 1.29 is 8.42 Å². The fourth-order valence-electron chi connectivity index (χ4n) is 0.506. The van der Waals surface area contributed by atoms with Gasteiger partial charge in [-0.3, -0.25) is 4.99 Å². The zero-order valence-corrected chi connectivity index (χ0v) is 8.43. The highest BCUT2D eigenvalue weighted by molar-refractivity contribution is 8.17. The molecule has 0 saturated heterocycles. The van der Waals surface area contributed by atoms with Crippen LogP contribution in [0.4, 0.5) is 0 Å². The molecule has 0 aromatic heterocycles. The summed E-state index contributed by atoms with van der Waals surface area (Å²) in [6, 6.07) is 1.76. The molecule has 0 saturated carbocycles. The highest BCUT2D eigenvalue weighted by Crippen LogP contribution is 2.15. The Morgan fingerprint density at radius 2 is 2.23 bits per heavy atom. The molecule has 0 aliphatic rings. The molecule has 6 heteroatoms.